The summed E-state index contributed by atoms with van der Waals surface area (Å²) in [6.45, 7) is 4.59. The molecule has 150 valence electrons. The van der Waals surface area contributed by atoms with E-state index in [2.05, 4.69) is 38.9 Å². The van der Waals surface area contributed by atoms with Crippen molar-refractivity contribution in [1.82, 2.24) is 20.0 Å². The van der Waals surface area contributed by atoms with E-state index in [-0.39, 0.29) is 23.2 Å². The maximum Gasteiger partial charge on any atom is 0.271 e. The molecule has 0 aliphatic carbocycles. The molecule has 1 aromatic carbocycles. The van der Waals surface area contributed by atoms with Crippen LogP contribution < -0.4 is 10.9 Å². The maximum absolute atomic E-state index is 12.7. The predicted molar refractivity (Wildman–Crippen MR) is 114 cm³/mol. The summed E-state index contributed by atoms with van der Waals surface area (Å²) < 4.78 is 1.30. The van der Waals surface area contributed by atoms with Crippen molar-refractivity contribution in [2.45, 2.75) is 32.5 Å². The summed E-state index contributed by atoms with van der Waals surface area (Å²) in [4.78, 5) is 28.3. The van der Waals surface area contributed by atoms with Gasteiger partial charge in [-0.3, -0.25) is 14.5 Å². The van der Waals surface area contributed by atoms with E-state index in [1.807, 2.05) is 36.5 Å². The molecule has 1 aliphatic heterocycles. The Morgan fingerprint density at radius 3 is 2.83 bits per heavy atom. The molecule has 7 heteroatoms. The average molecular weight is 409 g/mol. The highest BCUT2D eigenvalue weighted by molar-refractivity contribution is 7.10. The Hall–Kier alpha value is -2.77. The molecule has 0 spiro atoms. The summed E-state index contributed by atoms with van der Waals surface area (Å²) in [5.74, 6) is -0.263. The highest BCUT2D eigenvalue weighted by Gasteiger charge is 2.26. The van der Waals surface area contributed by atoms with Gasteiger partial charge in [-0.2, -0.15) is 5.10 Å². The van der Waals surface area contributed by atoms with Gasteiger partial charge in [0.25, 0.3) is 11.5 Å². The van der Waals surface area contributed by atoms with Crippen molar-refractivity contribution in [3.05, 3.63) is 86.0 Å². The molecule has 0 fully saturated rings. The second kappa shape index (κ2) is 8.71. The first-order chi connectivity index (χ1) is 14.2. The summed E-state index contributed by atoms with van der Waals surface area (Å²) in [7, 11) is 0. The zero-order valence-electron chi connectivity index (χ0n) is 16.4. The van der Waals surface area contributed by atoms with Gasteiger partial charge in [-0.15, -0.1) is 11.3 Å². The van der Waals surface area contributed by atoms with Crippen molar-refractivity contribution in [3.8, 4) is 0 Å². The molecule has 6 nitrogen and oxygen atoms in total. The number of hydrogen-bond acceptors (Lipinski definition) is 5. The van der Waals surface area contributed by atoms with Gasteiger partial charge in [0, 0.05) is 37.1 Å². The number of nitrogens with zero attached hydrogens (tertiary/aromatic N) is 3. The first kappa shape index (κ1) is 19.5. The minimum atomic E-state index is -0.263. The molecule has 1 unspecified atom stereocenters. The molecule has 0 saturated carbocycles. The Labute approximate surface area is 173 Å². The fourth-order valence-electron chi connectivity index (χ4n) is 3.75. The second-order valence-corrected chi connectivity index (χ2v) is 8.10. The highest BCUT2D eigenvalue weighted by atomic mass is 32.1. The van der Waals surface area contributed by atoms with E-state index in [1.54, 1.807) is 0 Å². The number of rotatable bonds is 6. The number of amides is 1. The van der Waals surface area contributed by atoms with Gasteiger partial charge < -0.3 is 5.32 Å². The van der Waals surface area contributed by atoms with Gasteiger partial charge in [0.05, 0.1) is 6.04 Å². The highest BCUT2D eigenvalue weighted by Crippen LogP contribution is 2.30. The predicted octanol–water partition coefficient (Wildman–Crippen LogP) is 2.85. The van der Waals surface area contributed by atoms with Crippen molar-refractivity contribution < 1.29 is 4.79 Å². The first-order valence-corrected chi connectivity index (χ1v) is 10.7. The third-order valence-corrected chi connectivity index (χ3v) is 6.34. The van der Waals surface area contributed by atoms with Crippen LogP contribution in [0.2, 0.25) is 0 Å². The number of aryl methyl sites for hydroxylation is 1. The van der Waals surface area contributed by atoms with E-state index in [0.29, 0.717) is 13.1 Å². The smallest absolute Gasteiger partial charge is 0.271 e. The largest absolute Gasteiger partial charge is 0.349 e. The van der Waals surface area contributed by atoms with E-state index in [1.165, 1.54) is 32.8 Å². The summed E-state index contributed by atoms with van der Waals surface area (Å²) in [6.07, 6.45) is 1.04. The quantitative estimate of drug-likeness (QED) is 0.681. The number of fused-ring (bicyclic) bond motifs is 1. The number of hydrogen-bond donors (Lipinski definition) is 1. The van der Waals surface area contributed by atoms with E-state index in [9.17, 15) is 9.59 Å². The molecule has 29 heavy (non-hydrogen) atoms. The van der Waals surface area contributed by atoms with Gasteiger partial charge in [0.1, 0.15) is 5.69 Å². The van der Waals surface area contributed by atoms with Crippen molar-refractivity contribution in [2.24, 2.45) is 0 Å². The van der Waals surface area contributed by atoms with Crippen LogP contribution >= 0.6 is 11.3 Å². The van der Waals surface area contributed by atoms with Crippen LogP contribution in [0.1, 0.15) is 39.5 Å². The summed E-state index contributed by atoms with van der Waals surface area (Å²) >= 11 is 1.82. The zero-order chi connectivity index (χ0) is 20.2. The molecule has 1 amide bonds. The molecule has 0 saturated heterocycles. The molecule has 1 atom stereocenters. The lowest BCUT2D eigenvalue weighted by Gasteiger charge is -2.35. The molecule has 3 heterocycles. The van der Waals surface area contributed by atoms with E-state index < -0.39 is 0 Å². The van der Waals surface area contributed by atoms with Crippen molar-refractivity contribution >= 4 is 17.2 Å². The monoisotopic (exact) mass is 408 g/mol. The SMILES string of the molecule is CCn1nc(C(=O)NCC(c2ccccc2)N2CCc3sccc3C2)ccc1=O. The van der Waals surface area contributed by atoms with E-state index in [4.69, 9.17) is 0 Å². The van der Waals surface area contributed by atoms with Crippen LogP contribution in [-0.2, 0) is 19.5 Å². The summed E-state index contributed by atoms with van der Waals surface area (Å²) in [6, 6.07) is 15.4. The topological polar surface area (TPSA) is 67.2 Å². The third-order valence-electron chi connectivity index (χ3n) is 5.32. The van der Waals surface area contributed by atoms with E-state index >= 15 is 0 Å². The molecular formula is C22H24N4O2S. The van der Waals surface area contributed by atoms with Crippen LogP contribution in [0.5, 0.6) is 0 Å². The number of carbonyl (C=O) groups excluding carboxylic acids is 1. The molecule has 1 aliphatic rings. The number of carbonyl (C=O) groups is 1. The molecule has 1 N–H and O–H groups in total. The van der Waals surface area contributed by atoms with Crippen molar-refractivity contribution in [3.63, 3.8) is 0 Å². The standard InChI is InChI=1S/C22H24N4O2S/c1-2-26-21(27)9-8-18(24-26)22(28)23-14-19(16-6-4-3-5-7-16)25-12-10-20-17(15-25)11-13-29-20/h3-9,11,13,19H,2,10,12,14-15H2,1H3,(H,23,28). The van der Waals surface area contributed by atoms with Crippen LogP contribution in [0.4, 0.5) is 0 Å². The molecular weight excluding hydrogens is 384 g/mol. The number of benzene rings is 1. The molecule has 2 aromatic heterocycles. The lowest BCUT2D eigenvalue weighted by molar-refractivity contribution is 0.0920. The van der Waals surface area contributed by atoms with Crippen molar-refractivity contribution in [2.75, 3.05) is 13.1 Å². The van der Waals surface area contributed by atoms with Gasteiger partial charge in [0.2, 0.25) is 0 Å². The lowest BCUT2D eigenvalue weighted by atomic mass is 10.0. The Bertz CT molecular complexity index is 1040. The van der Waals surface area contributed by atoms with Gasteiger partial charge in [-0.05, 0) is 42.0 Å². The minimum absolute atomic E-state index is 0.0743. The number of aromatic nitrogens is 2. The third kappa shape index (κ3) is 4.31. The van der Waals surface area contributed by atoms with Gasteiger partial charge in [-0.25, -0.2) is 4.68 Å². The van der Waals surface area contributed by atoms with Crippen LogP contribution in [0, 0.1) is 0 Å². The lowest BCUT2D eigenvalue weighted by Crippen LogP contribution is -2.40. The van der Waals surface area contributed by atoms with Gasteiger partial charge in [0.15, 0.2) is 0 Å². The average Bonchev–Trinajstić information content (AvgIpc) is 3.23. The second-order valence-electron chi connectivity index (χ2n) is 7.10. The normalized spacial score (nSPS) is 14.9. The zero-order valence-corrected chi connectivity index (χ0v) is 17.2. The Morgan fingerprint density at radius 2 is 2.03 bits per heavy atom. The van der Waals surface area contributed by atoms with Crippen LogP contribution in [0.3, 0.4) is 0 Å². The minimum Gasteiger partial charge on any atom is -0.349 e. The molecule has 0 bridgehead atoms. The van der Waals surface area contributed by atoms with Crippen molar-refractivity contribution in [1.29, 1.82) is 0 Å². The summed E-state index contributed by atoms with van der Waals surface area (Å²) in [5, 5.41) is 9.34. The Morgan fingerprint density at radius 1 is 1.21 bits per heavy atom. The van der Waals surface area contributed by atoms with E-state index in [0.717, 1.165) is 19.5 Å². The Kier molecular flexibility index (Phi) is 5.87. The summed E-state index contributed by atoms with van der Waals surface area (Å²) in [5.41, 5.74) is 2.62. The molecule has 0 radical (unpaired) electrons. The fraction of sp³-hybridized carbons (Fsp3) is 0.318. The van der Waals surface area contributed by atoms with Gasteiger partial charge in [-0.1, -0.05) is 30.3 Å². The number of thiophene rings is 1. The fourth-order valence-corrected chi connectivity index (χ4v) is 4.64. The molecule has 4 rings (SSSR count). The Balaban J connectivity index is 1.52. The maximum atomic E-state index is 12.7. The first-order valence-electron chi connectivity index (χ1n) is 9.86. The van der Waals surface area contributed by atoms with Crippen LogP contribution in [-0.4, -0.2) is 33.7 Å². The number of nitrogens with one attached hydrogen (secondary N) is 1. The van der Waals surface area contributed by atoms with Crippen LogP contribution in [0.15, 0.2) is 58.7 Å². The molecule has 3 aromatic rings. The van der Waals surface area contributed by atoms with Crippen LogP contribution in [0.25, 0.3) is 0 Å². The van der Waals surface area contributed by atoms with Gasteiger partial charge >= 0.3 is 0 Å².